The van der Waals surface area contributed by atoms with Crippen LogP contribution in [0.5, 0.6) is 0 Å². The van der Waals surface area contributed by atoms with Crippen molar-refractivity contribution in [3.63, 3.8) is 0 Å². The predicted molar refractivity (Wildman–Crippen MR) is 91.9 cm³/mol. The van der Waals surface area contributed by atoms with Crippen molar-refractivity contribution in [1.29, 1.82) is 0 Å². The molecule has 1 saturated heterocycles. The van der Waals surface area contributed by atoms with E-state index in [1.54, 1.807) is 6.33 Å². The second-order valence-electron chi connectivity index (χ2n) is 6.04. The Bertz CT molecular complexity index is 631. The lowest BCUT2D eigenvalue weighted by molar-refractivity contribution is 0.726. The molecule has 3 rings (SSSR count). The molecule has 0 amide bonds. The van der Waals surface area contributed by atoms with Crippen molar-refractivity contribution >= 4 is 17.3 Å². The van der Waals surface area contributed by atoms with Gasteiger partial charge in [0, 0.05) is 24.8 Å². The number of benzene rings is 1. The zero-order valence-electron chi connectivity index (χ0n) is 13.5. The summed E-state index contributed by atoms with van der Waals surface area (Å²) in [6, 6.07) is 8.36. The minimum atomic E-state index is 0.864. The SMILES string of the molecule is Cc1cccc(Nc2cc(N3CCCCCC3)ncn2)c1C. The minimum Gasteiger partial charge on any atom is -0.356 e. The Morgan fingerprint density at radius 3 is 2.55 bits per heavy atom. The van der Waals surface area contributed by atoms with Gasteiger partial charge < -0.3 is 10.2 Å². The first kappa shape index (κ1) is 14.8. The molecule has 4 nitrogen and oxygen atoms in total. The summed E-state index contributed by atoms with van der Waals surface area (Å²) in [7, 11) is 0. The summed E-state index contributed by atoms with van der Waals surface area (Å²) in [5.74, 6) is 1.90. The maximum atomic E-state index is 4.46. The molecule has 0 unspecified atom stereocenters. The van der Waals surface area contributed by atoms with Crippen LogP contribution in [0.4, 0.5) is 17.3 Å². The summed E-state index contributed by atoms with van der Waals surface area (Å²) in [5, 5.41) is 3.43. The molecule has 0 aliphatic carbocycles. The first-order chi connectivity index (χ1) is 10.7. The monoisotopic (exact) mass is 296 g/mol. The van der Waals surface area contributed by atoms with Crippen molar-refractivity contribution in [3.05, 3.63) is 41.7 Å². The lowest BCUT2D eigenvalue weighted by atomic mass is 10.1. The smallest absolute Gasteiger partial charge is 0.135 e. The van der Waals surface area contributed by atoms with E-state index in [9.17, 15) is 0 Å². The van der Waals surface area contributed by atoms with Crippen LogP contribution in [0.15, 0.2) is 30.6 Å². The van der Waals surface area contributed by atoms with Crippen molar-refractivity contribution in [2.75, 3.05) is 23.3 Å². The number of hydrogen-bond donors (Lipinski definition) is 1. The predicted octanol–water partition coefficient (Wildman–Crippen LogP) is 4.22. The van der Waals surface area contributed by atoms with Crippen LogP contribution in [0.2, 0.25) is 0 Å². The van der Waals surface area contributed by atoms with Crippen molar-refractivity contribution in [2.24, 2.45) is 0 Å². The molecular weight excluding hydrogens is 272 g/mol. The van der Waals surface area contributed by atoms with E-state index < -0.39 is 0 Å². The first-order valence-electron chi connectivity index (χ1n) is 8.14. The van der Waals surface area contributed by atoms with Crippen LogP contribution < -0.4 is 10.2 Å². The Morgan fingerprint density at radius 1 is 1.00 bits per heavy atom. The molecule has 0 radical (unpaired) electrons. The van der Waals surface area contributed by atoms with Crippen LogP contribution in [0.25, 0.3) is 0 Å². The van der Waals surface area contributed by atoms with Crippen LogP contribution >= 0.6 is 0 Å². The van der Waals surface area contributed by atoms with Gasteiger partial charge in [-0.3, -0.25) is 0 Å². The van der Waals surface area contributed by atoms with Gasteiger partial charge in [-0.1, -0.05) is 25.0 Å². The number of rotatable bonds is 3. The summed E-state index contributed by atoms with van der Waals surface area (Å²) < 4.78 is 0. The zero-order valence-corrected chi connectivity index (χ0v) is 13.5. The molecule has 0 spiro atoms. The fraction of sp³-hybridized carbons (Fsp3) is 0.444. The molecule has 1 aromatic heterocycles. The largest absolute Gasteiger partial charge is 0.356 e. The summed E-state index contributed by atoms with van der Waals surface area (Å²) >= 11 is 0. The van der Waals surface area contributed by atoms with E-state index in [-0.39, 0.29) is 0 Å². The molecule has 1 N–H and O–H groups in total. The van der Waals surface area contributed by atoms with E-state index >= 15 is 0 Å². The average molecular weight is 296 g/mol. The van der Waals surface area contributed by atoms with Gasteiger partial charge in [0.25, 0.3) is 0 Å². The number of nitrogens with one attached hydrogen (secondary N) is 1. The van der Waals surface area contributed by atoms with Gasteiger partial charge in [-0.2, -0.15) is 0 Å². The molecule has 1 aliphatic heterocycles. The lowest BCUT2D eigenvalue weighted by Crippen LogP contribution is -2.25. The molecule has 0 saturated carbocycles. The summed E-state index contributed by atoms with van der Waals surface area (Å²) in [6.45, 7) is 6.46. The van der Waals surface area contributed by atoms with Gasteiger partial charge in [0.15, 0.2) is 0 Å². The third kappa shape index (κ3) is 3.38. The zero-order chi connectivity index (χ0) is 15.4. The summed E-state index contributed by atoms with van der Waals surface area (Å²) in [4.78, 5) is 11.2. The number of anilines is 3. The highest BCUT2D eigenvalue weighted by molar-refractivity contribution is 5.63. The van der Waals surface area contributed by atoms with E-state index in [1.165, 1.54) is 36.8 Å². The summed E-state index contributed by atoms with van der Waals surface area (Å²) in [6.07, 6.45) is 6.82. The minimum absolute atomic E-state index is 0.864. The van der Waals surface area contributed by atoms with Crippen LogP contribution in [-0.2, 0) is 0 Å². The molecule has 1 fully saturated rings. The third-order valence-corrected chi connectivity index (χ3v) is 4.45. The quantitative estimate of drug-likeness (QED) is 0.921. The van der Waals surface area contributed by atoms with Gasteiger partial charge in [0.05, 0.1) is 0 Å². The molecule has 1 aromatic carbocycles. The van der Waals surface area contributed by atoms with Gasteiger partial charge in [-0.25, -0.2) is 9.97 Å². The second kappa shape index (κ2) is 6.77. The lowest BCUT2D eigenvalue weighted by Gasteiger charge is -2.21. The standard InChI is InChI=1S/C18H24N4/c1-14-8-7-9-16(15(14)2)21-17-12-18(20-13-19-17)22-10-5-3-4-6-11-22/h7-9,12-13H,3-6,10-11H2,1-2H3,(H,19,20,21). The molecule has 0 atom stereocenters. The number of hydrogen-bond acceptors (Lipinski definition) is 4. The number of nitrogens with zero attached hydrogens (tertiary/aromatic N) is 3. The molecule has 22 heavy (non-hydrogen) atoms. The molecule has 4 heteroatoms. The van der Waals surface area contributed by atoms with Crippen molar-refractivity contribution in [1.82, 2.24) is 9.97 Å². The Labute approximate surface area is 132 Å². The van der Waals surface area contributed by atoms with Gasteiger partial charge in [-0.05, 0) is 43.9 Å². The fourth-order valence-corrected chi connectivity index (χ4v) is 2.91. The van der Waals surface area contributed by atoms with Gasteiger partial charge in [-0.15, -0.1) is 0 Å². The van der Waals surface area contributed by atoms with Crippen molar-refractivity contribution in [3.8, 4) is 0 Å². The van der Waals surface area contributed by atoms with E-state index in [0.29, 0.717) is 0 Å². The fourth-order valence-electron chi connectivity index (χ4n) is 2.91. The van der Waals surface area contributed by atoms with Crippen LogP contribution in [0.3, 0.4) is 0 Å². The van der Waals surface area contributed by atoms with Crippen LogP contribution in [-0.4, -0.2) is 23.1 Å². The van der Waals surface area contributed by atoms with Gasteiger partial charge >= 0.3 is 0 Å². The Morgan fingerprint density at radius 2 is 1.77 bits per heavy atom. The molecule has 1 aliphatic rings. The van der Waals surface area contributed by atoms with Crippen LogP contribution in [0, 0.1) is 13.8 Å². The van der Waals surface area contributed by atoms with Crippen LogP contribution in [0.1, 0.15) is 36.8 Å². The number of aromatic nitrogens is 2. The summed E-state index contributed by atoms with van der Waals surface area (Å²) in [5.41, 5.74) is 3.66. The average Bonchev–Trinajstić information content (AvgIpc) is 2.81. The first-order valence-corrected chi connectivity index (χ1v) is 8.14. The maximum absolute atomic E-state index is 4.46. The highest BCUT2D eigenvalue weighted by atomic mass is 15.2. The van der Waals surface area contributed by atoms with Crippen molar-refractivity contribution in [2.45, 2.75) is 39.5 Å². The molecule has 2 heterocycles. The van der Waals surface area contributed by atoms with Gasteiger partial charge in [0.1, 0.15) is 18.0 Å². The van der Waals surface area contributed by atoms with E-state index in [1.807, 2.05) is 0 Å². The molecule has 0 bridgehead atoms. The second-order valence-corrected chi connectivity index (χ2v) is 6.04. The van der Waals surface area contributed by atoms with Crippen molar-refractivity contribution < 1.29 is 0 Å². The topological polar surface area (TPSA) is 41.0 Å². The Kier molecular flexibility index (Phi) is 4.56. The number of aryl methyl sites for hydroxylation is 1. The molecular formula is C18H24N4. The normalized spacial score (nSPS) is 15.5. The Balaban J connectivity index is 1.80. The van der Waals surface area contributed by atoms with E-state index in [2.05, 4.69) is 58.3 Å². The Hall–Kier alpha value is -2.10. The van der Waals surface area contributed by atoms with Gasteiger partial charge in [0.2, 0.25) is 0 Å². The highest BCUT2D eigenvalue weighted by Gasteiger charge is 2.12. The molecule has 116 valence electrons. The van der Waals surface area contributed by atoms with E-state index in [4.69, 9.17) is 0 Å². The maximum Gasteiger partial charge on any atom is 0.135 e. The third-order valence-electron chi connectivity index (χ3n) is 4.45. The molecule has 2 aromatic rings. The van der Waals surface area contributed by atoms with E-state index in [0.717, 1.165) is 30.4 Å². The highest BCUT2D eigenvalue weighted by Crippen LogP contribution is 2.24.